The van der Waals surface area contributed by atoms with Gasteiger partial charge in [-0.2, -0.15) is 0 Å². The van der Waals surface area contributed by atoms with Gasteiger partial charge in [0.05, 0.1) is 11.6 Å². The van der Waals surface area contributed by atoms with Crippen LogP contribution in [0.4, 0.5) is 0 Å². The molecule has 0 aromatic heterocycles. The van der Waals surface area contributed by atoms with Gasteiger partial charge in [-0.25, -0.2) is 0 Å². The first kappa shape index (κ1) is 31.0. The molecule has 1 saturated heterocycles. The van der Waals surface area contributed by atoms with Crippen LogP contribution in [0.5, 0.6) is 5.75 Å². The standard InChI is InChI=1S/C36H44N2O4/c1-7-37(8-2)22-9-23-38-32(27-14-18-29(19-15-27)36(4,5)6)31(34(40)35(38)41)33(39)28-16-20-30(21-17-28)42-24-26-12-10-25(3)11-13-26/h10-21,32,39H,7-9,22-24H2,1-6H3/t32-/m1/s1. The van der Waals surface area contributed by atoms with E-state index >= 15 is 0 Å². The quantitative estimate of drug-likeness (QED) is 0.153. The molecule has 0 aliphatic carbocycles. The average Bonchev–Trinajstić information content (AvgIpc) is 3.23. The Balaban J connectivity index is 1.63. The number of hydrogen-bond acceptors (Lipinski definition) is 5. The summed E-state index contributed by atoms with van der Waals surface area (Å²) >= 11 is 0. The van der Waals surface area contributed by atoms with Crippen molar-refractivity contribution in [3.05, 3.63) is 106 Å². The van der Waals surface area contributed by atoms with Crippen molar-refractivity contribution in [1.82, 2.24) is 9.80 Å². The summed E-state index contributed by atoms with van der Waals surface area (Å²) in [6.45, 7) is 16.3. The van der Waals surface area contributed by atoms with Gasteiger partial charge in [-0.05, 0) is 79.3 Å². The highest BCUT2D eigenvalue weighted by Crippen LogP contribution is 2.40. The zero-order valence-corrected chi connectivity index (χ0v) is 25.8. The van der Waals surface area contributed by atoms with Crippen molar-refractivity contribution in [2.24, 2.45) is 0 Å². The number of ketones is 1. The third kappa shape index (κ3) is 7.11. The van der Waals surface area contributed by atoms with E-state index in [1.165, 1.54) is 5.56 Å². The van der Waals surface area contributed by atoms with Gasteiger partial charge >= 0.3 is 0 Å². The lowest BCUT2D eigenvalue weighted by Crippen LogP contribution is -2.33. The van der Waals surface area contributed by atoms with Gasteiger partial charge in [-0.1, -0.05) is 88.7 Å². The third-order valence-electron chi connectivity index (χ3n) is 8.05. The number of Topliss-reactive ketones (excluding diaryl/α,β-unsaturated/α-hetero) is 1. The van der Waals surface area contributed by atoms with Crippen LogP contribution in [0.2, 0.25) is 0 Å². The maximum Gasteiger partial charge on any atom is 0.295 e. The minimum absolute atomic E-state index is 0.0344. The first-order chi connectivity index (χ1) is 20.0. The lowest BCUT2D eigenvalue weighted by Gasteiger charge is -2.27. The largest absolute Gasteiger partial charge is 0.507 e. The summed E-state index contributed by atoms with van der Waals surface area (Å²) in [6.07, 6.45) is 0.734. The molecule has 222 valence electrons. The van der Waals surface area contributed by atoms with Crippen LogP contribution in [-0.2, 0) is 21.6 Å². The Bertz CT molecular complexity index is 1400. The lowest BCUT2D eigenvalue weighted by molar-refractivity contribution is -0.140. The predicted molar refractivity (Wildman–Crippen MR) is 169 cm³/mol. The monoisotopic (exact) mass is 568 g/mol. The molecule has 3 aromatic carbocycles. The van der Waals surface area contributed by atoms with Crippen LogP contribution in [0, 0.1) is 6.92 Å². The van der Waals surface area contributed by atoms with Crippen molar-refractivity contribution in [3.8, 4) is 5.75 Å². The average molecular weight is 569 g/mol. The molecule has 0 bridgehead atoms. The number of aliphatic hydroxyl groups is 1. The van der Waals surface area contributed by atoms with E-state index in [4.69, 9.17) is 4.74 Å². The van der Waals surface area contributed by atoms with Crippen LogP contribution in [-0.4, -0.2) is 52.8 Å². The molecule has 0 radical (unpaired) electrons. The van der Waals surface area contributed by atoms with Crippen LogP contribution in [0.1, 0.15) is 74.9 Å². The molecule has 6 heteroatoms. The number of ether oxygens (including phenoxy) is 1. The maximum absolute atomic E-state index is 13.5. The van der Waals surface area contributed by atoms with Gasteiger partial charge in [0.25, 0.3) is 11.7 Å². The Morgan fingerprint density at radius 1 is 0.905 bits per heavy atom. The minimum Gasteiger partial charge on any atom is -0.507 e. The van der Waals surface area contributed by atoms with Crippen molar-refractivity contribution in [2.45, 2.75) is 66.0 Å². The normalized spacial score (nSPS) is 16.8. The second-order valence-corrected chi connectivity index (χ2v) is 12.0. The number of rotatable bonds is 11. The molecule has 0 spiro atoms. The first-order valence-corrected chi connectivity index (χ1v) is 14.9. The van der Waals surface area contributed by atoms with Gasteiger partial charge in [0, 0.05) is 12.1 Å². The van der Waals surface area contributed by atoms with Crippen LogP contribution in [0.15, 0.2) is 78.4 Å². The Morgan fingerprint density at radius 3 is 2.10 bits per heavy atom. The molecule has 1 N–H and O–H groups in total. The summed E-state index contributed by atoms with van der Waals surface area (Å²) in [5.74, 6) is -0.744. The van der Waals surface area contributed by atoms with Crippen molar-refractivity contribution < 1.29 is 19.4 Å². The Labute approximate surface area is 250 Å². The van der Waals surface area contributed by atoms with Crippen molar-refractivity contribution in [2.75, 3.05) is 26.2 Å². The highest BCUT2D eigenvalue weighted by atomic mass is 16.5. The molecule has 0 unspecified atom stereocenters. The smallest absolute Gasteiger partial charge is 0.295 e. The van der Waals surface area contributed by atoms with E-state index in [1.807, 2.05) is 55.5 Å². The van der Waals surface area contributed by atoms with Crippen LogP contribution in [0.3, 0.4) is 0 Å². The van der Waals surface area contributed by atoms with E-state index in [1.54, 1.807) is 29.2 Å². The minimum atomic E-state index is -0.659. The second kappa shape index (κ2) is 13.4. The summed E-state index contributed by atoms with van der Waals surface area (Å²) in [6, 6.07) is 22.6. The van der Waals surface area contributed by atoms with Gasteiger partial charge in [0.15, 0.2) is 0 Å². The Morgan fingerprint density at radius 2 is 1.52 bits per heavy atom. The molecular formula is C36H44N2O4. The summed E-state index contributed by atoms with van der Waals surface area (Å²) < 4.78 is 5.93. The number of aliphatic hydroxyl groups excluding tert-OH is 1. The zero-order chi connectivity index (χ0) is 30.4. The van der Waals surface area contributed by atoms with Gasteiger partial charge in [0.1, 0.15) is 18.1 Å². The van der Waals surface area contributed by atoms with Crippen LogP contribution in [0.25, 0.3) is 5.76 Å². The number of nitrogens with zero attached hydrogens (tertiary/aromatic N) is 2. The highest BCUT2D eigenvalue weighted by molar-refractivity contribution is 6.46. The second-order valence-electron chi connectivity index (χ2n) is 12.0. The zero-order valence-electron chi connectivity index (χ0n) is 25.8. The number of carbonyl (C=O) groups is 2. The van der Waals surface area contributed by atoms with Gasteiger partial charge in [0.2, 0.25) is 0 Å². The molecule has 3 aromatic rings. The summed E-state index contributed by atoms with van der Waals surface area (Å²) in [5.41, 5.74) is 4.78. The lowest BCUT2D eigenvalue weighted by atomic mass is 9.85. The van der Waals surface area contributed by atoms with E-state index in [0.717, 1.165) is 42.7 Å². The molecular weight excluding hydrogens is 524 g/mol. The van der Waals surface area contributed by atoms with E-state index < -0.39 is 17.7 Å². The van der Waals surface area contributed by atoms with Crippen molar-refractivity contribution in [1.29, 1.82) is 0 Å². The molecule has 1 heterocycles. The molecule has 1 fully saturated rings. The van der Waals surface area contributed by atoms with Gasteiger partial charge < -0.3 is 19.6 Å². The van der Waals surface area contributed by atoms with Crippen molar-refractivity contribution >= 4 is 17.4 Å². The Kier molecular flexibility index (Phi) is 9.89. The van der Waals surface area contributed by atoms with Crippen molar-refractivity contribution in [3.63, 3.8) is 0 Å². The fourth-order valence-electron chi connectivity index (χ4n) is 5.34. The first-order valence-electron chi connectivity index (χ1n) is 14.9. The topological polar surface area (TPSA) is 70.1 Å². The number of hydrogen-bond donors (Lipinski definition) is 1. The fourth-order valence-corrected chi connectivity index (χ4v) is 5.34. The maximum atomic E-state index is 13.5. The molecule has 4 rings (SSSR count). The molecule has 1 aliphatic rings. The number of benzene rings is 3. The number of carbonyl (C=O) groups excluding carboxylic acids is 2. The van der Waals surface area contributed by atoms with E-state index in [9.17, 15) is 14.7 Å². The predicted octanol–water partition coefficient (Wildman–Crippen LogP) is 7.03. The number of likely N-dealkylation sites (tertiary alicyclic amines) is 1. The molecule has 42 heavy (non-hydrogen) atoms. The molecule has 6 nitrogen and oxygen atoms in total. The van der Waals surface area contributed by atoms with Crippen LogP contribution < -0.4 is 4.74 Å². The number of amides is 1. The Hall–Kier alpha value is -3.90. The molecule has 1 atom stereocenters. The highest BCUT2D eigenvalue weighted by Gasteiger charge is 2.45. The summed E-state index contributed by atoms with van der Waals surface area (Å²) in [4.78, 5) is 30.7. The summed E-state index contributed by atoms with van der Waals surface area (Å²) in [7, 11) is 0. The SMILES string of the molecule is CCN(CC)CCCN1C(=O)C(=O)C(=C(O)c2ccc(OCc3ccc(C)cc3)cc2)[C@H]1c1ccc(C(C)(C)C)cc1. The third-order valence-corrected chi connectivity index (χ3v) is 8.05. The van der Waals surface area contributed by atoms with E-state index in [2.05, 4.69) is 39.5 Å². The van der Waals surface area contributed by atoms with Gasteiger partial charge in [-0.3, -0.25) is 9.59 Å². The van der Waals surface area contributed by atoms with Gasteiger partial charge in [-0.15, -0.1) is 0 Å². The fraction of sp³-hybridized carbons (Fsp3) is 0.389. The number of aryl methyl sites for hydroxylation is 1. The van der Waals surface area contributed by atoms with E-state index in [0.29, 0.717) is 24.5 Å². The van der Waals surface area contributed by atoms with E-state index in [-0.39, 0.29) is 16.7 Å². The molecule has 1 aliphatic heterocycles. The molecule has 1 amide bonds. The van der Waals surface area contributed by atoms with Crippen LogP contribution >= 0.6 is 0 Å². The summed E-state index contributed by atoms with van der Waals surface area (Å²) in [5, 5.41) is 11.5. The molecule has 0 saturated carbocycles.